The quantitative estimate of drug-likeness (QED) is 0.740. The summed E-state index contributed by atoms with van der Waals surface area (Å²) in [6.07, 6.45) is 0.501. The molecule has 1 aromatic rings. The maximum absolute atomic E-state index is 11.3. The Balaban J connectivity index is 0.00000289. The molecule has 18 heavy (non-hydrogen) atoms. The van der Waals surface area contributed by atoms with Gasteiger partial charge in [0.25, 0.3) is 0 Å². The summed E-state index contributed by atoms with van der Waals surface area (Å²) in [5.41, 5.74) is 1.11. The standard InChI is InChI=1S/C13H20N2O2.ClH/c1-11-5-3-4-6-12(11)17-10-9-15-13(16)7-8-14-2;/h3-6,14H,7-10H2,1-2H3,(H,15,16);1H. The molecule has 1 rings (SSSR count). The number of hydrogen-bond acceptors (Lipinski definition) is 3. The van der Waals surface area contributed by atoms with Gasteiger partial charge in [0, 0.05) is 13.0 Å². The fraction of sp³-hybridized carbons (Fsp3) is 0.462. The van der Waals surface area contributed by atoms with Gasteiger partial charge < -0.3 is 15.4 Å². The summed E-state index contributed by atoms with van der Waals surface area (Å²) < 4.78 is 5.56. The Bertz CT molecular complexity index is 359. The van der Waals surface area contributed by atoms with Crippen molar-refractivity contribution in [2.75, 3.05) is 26.7 Å². The Labute approximate surface area is 115 Å². The molecule has 0 unspecified atom stereocenters. The molecule has 0 aromatic heterocycles. The topological polar surface area (TPSA) is 50.4 Å². The van der Waals surface area contributed by atoms with Crippen LogP contribution in [0.2, 0.25) is 0 Å². The van der Waals surface area contributed by atoms with Crippen LogP contribution in [0, 0.1) is 6.92 Å². The molecule has 0 fully saturated rings. The number of aryl methyl sites for hydroxylation is 1. The summed E-state index contributed by atoms with van der Waals surface area (Å²) in [6, 6.07) is 7.84. The van der Waals surface area contributed by atoms with E-state index in [4.69, 9.17) is 4.74 Å². The largest absolute Gasteiger partial charge is 0.491 e. The van der Waals surface area contributed by atoms with E-state index in [1.165, 1.54) is 0 Å². The van der Waals surface area contributed by atoms with Crippen molar-refractivity contribution < 1.29 is 9.53 Å². The third-order valence-corrected chi connectivity index (χ3v) is 2.38. The Kier molecular flexibility index (Phi) is 9.06. The smallest absolute Gasteiger partial charge is 0.221 e. The highest BCUT2D eigenvalue weighted by atomic mass is 35.5. The molecule has 0 bridgehead atoms. The van der Waals surface area contributed by atoms with Gasteiger partial charge in [0.05, 0.1) is 6.54 Å². The molecule has 2 N–H and O–H groups in total. The van der Waals surface area contributed by atoms with E-state index in [-0.39, 0.29) is 18.3 Å². The molecule has 0 saturated heterocycles. The van der Waals surface area contributed by atoms with Crippen molar-refractivity contribution in [3.63, 3.8) is 0 Å². The molecule has 0 saturated carbocycles. The maximum Gasteiger partial charge on any atom is 0.221 e. The number of nitrogens with one attached hydrogen (secondary N) is 2. The molecule has 5 heteroatoms. The van der Waals surface area contributed by atoms with E-state index in [1.807, 2.05) is 38.2 Å². The minimum atomic E-state index is 0. The van der Waals surface area contributed by atoms with Crippen LogP contribution >= 0.6 is 12.4 Å². The molecule has 102 valence electrons. The molecule has 1 aromatic carbocycles. The SMILES string of the molecule is CNCCC(=O)NCCOc1ccccc1C.Cl. The Hall–Kier alpha value is -1.26. The van der Waals surface area contributed by atoms with E-state index in [1.54, 1.807) is 0 Å². The predicted molar refractivity (Wildman–Crippen MR) is 75.5 cm³/mol. The molecule has 1 amide bonds. The number of para-hydroxylation sites is 1. The monoisotopic (exact) mass is 272 g/mol. The Morgan fingerprint density at radius 1 is 1.28 bits per heavy atom. The molecule has 0 aliphatic rings. The molecule has 0 aliphatic carbocycles. The number of amides is 1. The van der Waals surface area contributed by atoms with Crippen molar-refractivity contribution in [2.45, 2.75) is 13.3 Å². The molecular formula is C13H21ClN2O2. The first-order valence-corrected chi connectivity index (χ1v) is 5.83. The lowest BCUT2D eigenvalue weighted by Crippen LogP contribution is -2.30. The second-order valence-electron chi connectivity index (χ2n) is 3.82. The molecule has 0 spiro atoms. The van der Waals surface area contributed by atoms with Crippen LogP contribution < -0.4 is 15.4 Å². The highest BCUT2D eigenvalue weighted by Gasteiger charge is 2.00. The van der Waals surface area contributed by atoms with Crippen LogP contribution in [0.5, 0.6) is 5.75 Å². The van der Waals surface area contributed by atoms with Crippen molar-refractivity contribution in [2.24, 2.45) is 0 Å². The Morgan fingerprint density at radius 3 is 2.67 bits per heavy atom. The van der Waals surface area contributed by atoms with Gasteiger partial charge in [-0.25, -0.2) is 0 Å². The van der Waals surface area contributed by atoms with E-state index in [9.17, 15) is 4.79 Å². The molecule has 0 atom stereocenters. The van der Waals surface area contributed by atoms with Crippen LogP contribution in [0.15, 0.2) is 24.3 Å². The van der Waals surface area contributed by atoms with Crippen molar-refractivity contribution in [3.05, 3.63) is 29.8 Å². The molecule has 4 nitrogen and oxygen atoms in total. The zero-order valence-corrected chi connectivity index (χ0v) is 11.7. The van der Waals surface area contributed by atoms with Gasteiger partial charge in [0.2, 0.25) is 5.91 Å². The number of halogens is 1. The van der Waals surface area contributed by atoms with Gasteiger partial charge in [-0.05, 0) is 25.6 Å². The van der Waals surface area contributed by atoms with Gasteiger partial charge in [-0.2, -0.15) is 0 Å². The van der Waals surface area contributed by atoms with E-state index >= 15 is 0 Å². The van der Waals surface area contributed by atoms with Crippen LogP contribution in [-0.2, 0) is 4.79 Å². The van der Waals surface area contributed by atoms with Gasteiger partial charge in [0.15, 0.2) is 0 Å². The number of carbonyl (C=O) groups is 1. The second-order valence-corrected chi connectivity index (χ2v) is 3.82. The van der Waals surface area contributed by atoms with Crippen molar-refractivity contribution >= 4 is 18.3 Å². The number of benzene rings is 1. The second kappa shape index (κ2) is 9.74. The fourth-order valence-electron chi connectivity index (χ4n) is 1.40. The molecule has 0 aliphatic heterocycles. The molecule has 0 radical (unpaired) electrons. The zero-order chi connectivity index (χ0) is 12.5. The van der Waals surface area contributed by atoms with E-state index in [2.05, 4.69) is 10.6 Å². The van der Waals surface area contributed by atoms with Gasteiger partial charge in [-0.15, -0.1) is 12.4 Å². The minimum absolute atomic E-state index is 0. The fourth-order valence-corrected chi connectivity index (χ4v) is 1.40. The van der Waals surface area contributed by atoms with Gasteiger partial charge in [-0.3, -0.25) is 4.79 Å². The third kappa shape index (κ3) is 6.47. The molecule has 0 heterocycles. The van der Waals surface area contributed by atoms with Crippen molar-refractivity contribution in [1.29, 1.82) is 0 Å². The first-order chi connectivity index (χ1) is 8.24. The summed E-state index contributed by atoms with van der Waals surface area (Å²) in [5.74, 6) is 0.921. The van der Waals surface area contributed by atoms with Gasteiger partial charge in [-0.1, -0.05) is 18.2 Å². The maximum atomic E-state index is 11.3. The predicted octanol–water partition coefficient (Wildman–Crippen LogP) is 1.52. The highest BCUT2D eigenvalue weighted by molar-refractivity contribution is 5.85. The number of hydrogen-bond donors (Lipinski definition) is 2. The average molecular weight is 273 g/mol. The van der Waals surface area contributed by atoms with Crippen LogP contribution in [0.3, 0.4) is 0 Å². The lowest BCUT2D eigenvalue weighted by molar-refractivity contribution is -0.121. The summed E-state index contributed by atoms with van der Waals surface area (Å²) in [6.45, 7) is 3.73. The number of rotatable bonds is 7. The van der Waals surface area contributed by atoms with Gasteiger partial charge >= 0.3 is 0 Å². The van der Waals surface area contributed by atoms with Gasteiger partial charge in [0.1, 0.15) is 12.4 Å². The number of carbonyl (C=O) groups excluding carboxylic acids is 1. The lowest BCUT2D eigenvalue weighted by atomic mass is 10.2. The third-order valence-electron chi connectivity index (χ3n) is 2.38. The first-order valence-electron chi connectivity index (χ1n) is 5.83. The zero-order valence-electron chi connectivity index (χ0n) is 10.9. The normalized spacial score (nSPS) is 9.44. The summed E-state index contributed by atoms with van der Waals surface area (Å²) in [5, 5.41) is 5.73. The van der Waals surface area contributed by atoms with E-state index < -0.39 is 0 Å². The average Bonchev–Trinajstić information content (AvgIpc) is 2.34. The van der Waals surface area contributed by atoms with Crippen molar-refractivity contribution in [1.82, 2.24) is 10.6 Å². The van der Waals surface area contributed by atoms with Crippen LogP contribution in [-0.4, -0.2) is 32.7 Å². The lowest BCUT2D eigenvalue weighted by Gasteiger charge is -2.09. The van der Waals surface area contributed by atoms with E-state index in [0.29, 0.717) is 26.1 Å². The first kappa shape index (κ1) is 16.7. The van der Waals surface area contributed by atoms with Crippen LogP contribution in [0.1, 0.15) is 12.0 Å². The highest BCUT2D eigenvalue weighted by Crippen LogP contribution is 2.15. The van der Waals surface area contributed by atoms with Crippen LogP contribution in [0.25, 0.3) is 0 Å². The molecular weight excluding hydrogens is 252 g/mol. The van der Waals surface area contributed by atoms with Crippen molar-refractivity contribution in [3.8, 4) is 5.75 Å². The summed E-state index contributed by atoms with van der Waals surface area (Å²) in [7, 11) is 1.83. The van der Waals surface area contributed by atoms with E-state index in [0.717, 1.165) is 11.3 Å². The Morgan fingerprint density at radius 2 is 2.00 bits per heavy atom. The summed E-state index contributed by atoms with van der Waals surface area (Å²) in [4.78, 5) is 11.3. The van der Waals surface area contributed by atoms with Crippen LogP contribution in [0.4, 0.5) is 0 Å². The minimum Gasteiger partial charge on any atom is -0.491 e. The number of ether oxygens (including phenoxy) is 1. The summed E-state index contributed by atoms with van der Waals surface area (Å²) >= 11 is 0.